The van der Waals surface area contributed by atoms with Gasteiger partial charge in [-0.3, -0.25) is 4.57 Å². The molecule has 3 aromatic rings. The highest BCUT2D eigenvalue weighted by atomic mass is 79.9. The lowest BCUT2D eigenvalue weighted by molar-refractivity contribution is -0.0511. The first-order valence-corrected chi connectivity index (χ1v) is 8.83. The predicted molar refractivity (Wildman–Crippen MR) is 97.0 cm³/mol. The summed E-state index contributed by atoms with van der Waals surface area (Å²) in [5, 5.41) is 29.5. The van der Waals surface area contributed by atoms with Crippen molar-refractivity contribution in [2.75, 3.05) is 12.3 Å². The summed E-state index contributed by atoms with van der Waals surface area (Å²) in [5.74, 6) is 0.595. The second kappa shape index (κ2) is 7.02. The Kier molecular flexibility index (Phi) is 4.70. The van der Waals surface area contributed by atoms with Crippen LogP contribution < -0.4 is 10.5 Å². The highest BCUT2D eigenvalue weighted by Gasteiger charge is 2.44. The van der Waals surface area contributed by atoms with Crippen molar-refractivity contribution in [3.05, 3.63) is 35.1 Å². The number of imidazole rings is 1. The van der Waals surface area contributed by atoms with Crippen LogP contribution in [-0.2, 0) is 4.74 Å². The molecule has 0 unspecified atom stereocenters. The van der Waals surface area contributed by atoms with E-state index in [1.807, 2.05) is 6.07 Å². The average molecular weight is 438 g/mol. The molecular weight excluding hydrogens is 422 g/mol. The lowest BCUT2D eigenvalue weighted by Crippen LogP contribution is -2.33. The third-order valence-electron chi connectivity index (χ3n) is 4.22. The SMILES string of the molecule is Nc1nc(Oc2cccc(Br)c2)nc2c1ncn2[C@@H]1O[C@H](CO)[C@@H](O)[C@H]1O. The molecule has 0 bridgehead atoms. The van der Waals surface area contributed by atoms with Gasteiger partial charge in [-0.1, -0.05) is 22.0 Å². The summed E-state index contributed by atoms with van der Waals surface area (Å²) in [4.78, 5) is 12.6. The van der Waals surface area contributed by atoms with Crippen LogP contribution >= 0.6 is 15.9 Å². The molecule has 1 aromatic carbocycles. The Labute approximate surface area is 161 Å². The molecule has 1 aliphatic heterocycles. The maximum atomic E-state index is 10.2. The van der Waals surface area contributed by atoms with Crippen molar-refractivity contribution < 1.29 is 24.8 Å². The van der Waals surface area contributed by atoms with E-state index in [9.17, 15) is 15.3 Å². The van der Waals surface area contributed by atoms with Crippen molar-refractivity contribution in [3.8, 4) is 11.8 Å². The van der Waals surface area contributed by atoms with Gasteiger partial charge >= 0.3 is 6.01 Å². The predicted octanol–water partition coefficient (Wildman–Crippen LogP) is 0.575. The van der Waals surface area contributed by atoms with Crippen LogP contribution in [0.4, 0.5) is 5.82 Å². The molecule has 1 fully saturated rings. The van der Waals surface area contributed by atoms with E-state index in [2.05, 4.69) is 30.9 Å². The number of nitrogens with two attached hydrogens (primary N) is 1. The number of rotatable bonds is 4. The summed E-state index contributed by atoms with van der Waals surface area (Å²) in [6.45, 7) is -0.435. The van der Waals surface area contributed by atoms with E-state index >= 15 is 0 Å². The minimum atomic E-state index is -1.27. The Hall–Kier alpha value is -2.31. The normalized spacial score (nSPS) is 25.2. The second-order valence-corrected chi connectivity index (χ2v) is 6.92. The zero-order valence-electron chi connectivity index (χ0n) is 13.8. The van der Waals surface area contributed by atoms with Gasteiger partial charge in [-0.25, -0.2) is 4.98 Å². The average Bonchev–Trinajstić information content (AvgIpc) is 3.17. The lowest BCUT2D eigenvalue weighted by Gasteiger charge is -2.16. The number of anilines is 1. The smallest absolute Gasteiger partial charge is 0.326 e. The van der Waals surface area contributed by atoms with Gasteiger partial charge in [0.15, 0.2) is 23.2 Å². The van der Waals surface area contributed by atoms with Crippen molar-refractivity contribution in [2.45, 2.75) is 24.5 Å². The summed E-state index contributed by atoms with van der Waals surface area (Å²) in [5.41, 5.74) is 6.53. The first-order chi connectivity index (χ1) is 13.0. The van der Waals surface area contributed by atoms with Gasteiger partial charge in [0, 0.05) is 4.47 Å². The maximum Gasteiger partial charge on any atom is 0.326 e. The molecule has 2 aromatic heterocycles. The molecule has 0 aliphatic carbocycles. The number of nitrogen functional groups attached to an aromatic ring is 1. The Morgan fingerprint density at radius 3 is 2.78 bits per heavy atom. The molecule has 0 radical (unpaired) electrons. The van der Waals surface area contributed by atoms with E-state index < -0.39 is 31.1 Å². The highest BCUT2D eigenvalue weighted by molar-refractivity contribution is 9.10. The summed E-state index contributed by atoms with van der Waals surface area (Å²) >= 11 is 3.36. The lowest BCUT2D eigenvalue weighted by atomic mass is 10.1. The zero-order valence-corrected chi connectivity index (χ0v) is 15.4. The van der Waals surface area contributed by atoms with Crippen molar-refractivity contribution in [2.24, 2.45) is 0 Å². The Bertz CT molecular complexity index is 983. The fraction of sp³-hybridized carbons (Fsp3) is 0.312. The molecular formula is C16H16BrN5O5. The molecule has 4 atom stereocenters. The first-order valence-electron chi connectivity index (χ1n) is 8.04. The Balaban J connectivity index is 1.72. The number of nitrogens with zero attached hydrogens (tertiary/aromatic N) is 4. The van der Waals surface area contributed by atoms with Gasteiger partial charge in [-0.05, 0) is 18.2 Å². The largest absolute Gasteiger partial charge is 0.424 e. The molecule has 1 saturated heterocycles. The summed E-state index contributed by atoms with van der Waals surface area (Å²) in [7, 11) is 0. The van der Waals surface area contributed by atoms with Crippen LogP contribution in [-0.4, -0.2) is 59.8 Å². The third-order valence-corrected chi connectivity index (χ3v) is 4.72. The van der Waals surface area contributed by atoms with Crippen LogP contribution in [0.2, 0.25) is 0 Å². The summed E-state index contributed by atoms with van der Waals surface area (Å²) in [6.07, 6.45) is -3.05. The van der Waals surface area contributed by atoms with Crippen LogP contribution in [0.1, 0.15) is 6.23 Å². The molecule has 5 N–H and O–H groups in total. The molecule has 27 heavy (non-hydrogen) atoms. The molecule has 4 rings (SSSR count). The van der Waals surface area contributed by atoms with Crippen molar-refractivity contribution in [3.63, 3.8) is 0 Å². The third kappa shape index (κ3) is 3.24. The number of aromatic nitrogens is 4. The Morgan fingerprint density at radius 1 is 1.26 bits per heavy atom. The highest BCUT2D eigenvalue weighted by Crippen LogP contribution is 2.33. The standard InChI is InChI=1S/C16H16BrN5O5/c17-7-2-1-3-8(4-7)26-16-20-13(18)10-14(21-16)22(6-19-10)15-12(25)11(24)9(5-23)27-15/h1-4,6,9,11-12,15,23-25H,5H2,(H2,18,20,21)/t9-,11-,12-,15-/m1/s1. The molecule has 0 amide bonds. The first kappa shape index (κ1) is 18.1. The number of hydrogen-bond donors (Lipinski definition) is 4. The van der Waals surface area contributed by atoms with Gasteiger partial charge < -0.3 is 30.5 Å². The van der Waals surface area contributed by atoms with Crippen LogP contribution in [0.5, 0.6) is 11.8 Å². The summed E-state index contributed by atoms with van der Waals surface area (Å²) < 4.78 is 13.4. The van der Waals surface area contributed by atoms with Gasteiger partial charge in [-0.15, -0.1) is 0 Å². The number of hydrogen-bond acceptors (Lipinski definition) is 9. The van der Waals surface area contributed by atoms with E-state index in [0.29, 0.717) is 11.3 Å². The van der Waals surface area contributed by atoms with E-state index in [0.717, 1.165) is 4.47 Å². The van der Waals surface area contributed by atoms with Gasteiger partial charge in [-0.2, -0.15) is 9.97 Å². The van der Waals surface area contributed by atoms with Crippen LogP contribution in [0, 0.1) is 0 Å². The number of benzene rings is 1. The molecule has 0 spiro atoms. The van der Waals surface area contributed by atoms with Crippen LogP contribution in [0.15, 0.2) is 35.1 Å². The number of aliphatic hydroxyl groups excluding tert-OH is 3. The van der Waals surface area contributed by atoms with E-state index in [1.165, 1.54) is 10.9 Å². The van der Waals surface area contributed by atoms with E-state index in [4.69, 9.17) is 15.2 Å². The van der Waals surface area contributed by atoms with Crippen LogP contribution in [0.3, 0.4) is 0 Å². The fourth-order valence-electron chi connectivity index (χ4n) is 2.90. The van der Waals surface area contributed by atoms with E-state index in [1.54, 1.807) is 18.2 Å². The Morgan fingerprint density at radius 2 is 2.07 bits per heavy atom. The summed E-state index contributed by atoms with van der Waals surface area (Å²) in [6, 6.07) is 7.11. The molecule has 142 valence electrons. The van der Waals surface area contributed by atoms with Crippen molar-refractivity contribution in [1.82, 2.24) is 19.5 Å². The molecule has 10 nitrogen and oxygen atoms in total. The topological polar surface area (TPSA) is 149 Å². The van der Waals surface area contributed by atoms with Crippen molar-refractivity contribution in [1.29, 1.82) is 0 Å². The number of fused-ring (bicyclic) bond motifs is 1. The maximum absolute atomic E-state index is 10.2. The fourth-order valence-corrected chi connectivity index (χ4v) is 3.27. The number of halogens is 1. The van der Waals surface area contributed by atoms with Gasteiger partial charge in [0.1, 0.15) is 24.1 Å². The zero-order chi connectivity index (χ0) is 19.1. The number of aliphatic hydroxyl groups is 3. The minimum absolute atomic E-state index is 0.00778. The minimum Gasteiger partial charge on any atom is -0.424 e. The van der Waals surface area contributed by atoms with Crippen LogP contribution in [0.25, 0.3) is 11.2 Å². The molecule has 11 heteroatoms. The number of ether oxygens (including phenoxy) is 2. The second-order valence-electron chi connectivity index (χ2n) is 6.00. The molecule has 3 heterocycles. The molecule has 0 saturated carbocycles. The van der Waals surface area contributed by atoms with E-state index in [-0.39, 0.29) is 17.5 Å². The van der Waals surface area contributed by atoms with Crippen molar-refractivity contribution >= 4 is 32.9 Å². The molecule has 1 aliphatic rings. The monoisotopic (exact) mass is 437 g/mol. The van der Waals surface area contributed by atoms with Gasteiger partial charge in [0.05, 0.1) is 12.9 Å². The van der Waals surface area contributed by atoms with Gasteiger partial charge in [0.25, 0.3) is 0 Å². The van der Waals surface area contributed by atoms with Gasteiger partial charge in [0.2, 0.25) is 0 Å². The quantitative estimate of drug-likeness (QED) is 0.459.